The van der Waals surface area contributed by atoms with Gasteiger partial charge in [-0.25, -0.2) is 10.8 Å². The van der Waals surface area contributed by atoms with Crippen LogP contribution in [0, 0.1) is 0 Å². The van der Waals surface area contributed by atoms with Gasteiger partial charge in [-0.1, -0.05) is 6.92 Å². The number of nitrogens with one attached hydrogen (secondary N) is 2. The third-order valence-corrected chi connectivity index (χ3v) is 4.93. The number of hydrazine groups is 1. The van der Waals surface area contributed by atoms with Crippen molar-refractivity contribution >= 4 is 44.1 Å². The van der Waals surface area contributed by atoms with Gasteiger partial charge < -0.3 is 5.32 Å². The molecule has 0 saturated heterocycles. The Balaban J connectivity index is 2.38. The Morgan fingerprint density at radius 2 is 2.25 bits per heavy atom. The zero-order valence-electron chi connectivity index (χ0n) is 11.8. The molecule has 0 radical (unpaired) electrons. The van der Waals surface area contributed by atoms with Gasteiger partial charge in [0.15, 0.2) is 0 Å². The molecule has 0 saturated carbocycles. The van der Waals surface area contributed by atoms with E-state index in [-0.39, 0.29) is 6.04 Å². The molecule has 0 amide bonds. The summed E-state index contributed by atoms with van der Waals surface area (Å²) in [5.74, 6) is 7.10. The summed E-state index contributed by atoms with van der Waals surface area (Å²) in [7, 11) is -0.850. The van der Waals surface area contributed by atoms with Crippen molar-refractivity contribution in [3.05, 3.63) is 10.9 Å². The minimum absolute atomic E-state index is 0.0644. The predicted molar refractivity (Wildman–Crippen MR) is 86.6 cm³/mol. The van der Waals surface area contributed by atoms with Gasteiger partial charge in [0.2, 0.25) is 5.95 Å². The van der Waals surface area contributed by atoms with E-state index < -0.39 is 10.8 Å². The highest BCUT2D eigenvalue weighted by atomic mass is 32.2. The molecule has 2 aromatic rings. The fourth-order valence-corrected chi connectivity index (χ4v) is 3.70. The van der Waals surface area contributed by atoms with Crippen molar-refractivity contribution in [3.8, 4) is 0 Å². The first kappa shape index (κ1) is 15.1. The number of nitrogens with two attached hydrogens (primary N) is 1. The quantitative estimate of drug-likeness (QED) is 0.555. The molecule has 2 heterocycles. The second-order valence-electron chi connectivity index (χ2n) is 4.61. The van der Waals surface area contributed by atoms with Crippen LogP contribution in [0.4, 0.5) is 11.8 Å². The van der Waals surface area contributed by atoms with Crippen molar-refractivity contribution in [1.29, 1.82) is 0 Å². The Labute approximate surface area is 124 Å². The number of hydrogen-bond acceptors (Lipinski definition) is 7. The highest BCUT2D eigenvalue weighted by Crippen LogP contribution is 2.30. The third-order valence-electron chi connectivity index (χ3n) is 2.79. The Kier molecular flexibility index (Phi) is 4.90. The normalized spacial score (nSPS) is 14.2. The van der Waals surface area contributed by atoms with E-state index in [4.69, 9.17) is 5.84 Å². The van der Waals surface area contributed by atoms with Gasteiger partial charge >= 0.3 is 0 Å². The standard InChI is InChI=1S/C12H19N5OS2/c1-4-8-5-9-10(14-7(2)6-20(3)18)15-12(17-13)16-11(9)19-8/h5,7H,4,6,13H2,1-3H3,(H2,14,15,16,17). The SMILES string of the molecule is CCc1cc2c(NC(C)CS(C)=O)nc(NN)nc2s1. The number of rotatable bonds is 6. The van der Waals surface area contributed by atoms with Crippen molar-refractivity contribution in [2.45, 2.75) is 26.3 Å². The topological polar surface area (TPSA) is 92.9 Å². The molecule has 2 rings (SSSR count). The van der Waals surface area contributed by atoms with Crippen LogP contribution in [0.25, 0.3) is 10.2 Å². The van der Waals surface area contributed by atoms with Crippen LogP contribution >= 0.6 is 11.3 Å². The average molecular weight is 313 g/mol. The maximum absolute atomic E-state index is 11.3. The number of anilines is 2. The molecule has 0 aliphatic carbocycles. The van der Waals surface area contributed by atoms with Crippen LogP contribution in [0.5, 0.6) is 0 Å². The first-order valence-electron chi connectivity index (χ1n) is 6.37. The molecular formula is C12H19N5OS2. The van der Waals surface area contributed by atoms with E-state index >= 15 is 0 Å². The van der Waals surface area contributed by atoms with E-state index in [1.54, 1.807) is 17.6 Å². The molecular weight excluding hydrogens is 294 g/mol. The molecule has 8 heteroatoms. The average Bonchev–Trinajstić information content (AvgIpc) is 2.80. The molecule has 2 unspecified atom stereocenters. The number of fused-ring (bicyclic) bond motifs is 1. The third kappa shape index (κ3) is 3.44. The van der Waals surface area contributed by atoms with Gasteiger partial charge in [0.25, 0.3) is 0 Å². The lowest BCUT2D eigenvalue weighted by molar-refractivity contribution is 0.683. The molecule has 0 fully saturated rings. The van der Waals surface area contributed by atoms with Gasteiger partial charge in [-0.2, -0.15) is 4.98 Å². The fourth-order valence-electron chi connectivity index (χ4n) is 1.95. The summed E-state index contributed by atoms with van der Waals surface area (Å²) in [6.07, 6.45) is 2.65. The van der Waals surface area contributed by atoms with Crippen LogP contribution in [0.15, 0.2) is 6.07 Å². The number of nitrogens with zero attached hydrogens (tertiary/aromatic N) is 2. The zero-order valence-corrected chi connectivity index (χ0v) is 13.4. The van der Waals surface area contributed by atoms with E-state index in [1.807, 2.05) is 6.92 Å². The minimum Gasteiger partial charge on any atom is -0.366 e. The lowest BCUT2D eigenvalue weighted by atomic mass is 10.3. The van der Waals surface area contributed by atoms with E-state index in [9.17, 15) is 4.21 Å². The van der Waals surface area contributed by atoms with E-state index in [0.29, 0.717) is 11.7 Å². The molecule has 2 atom stereocenters. The monoisotopic (exact) mass is 313 g/mol. The van der Waals surface area contributed by atoms with Crippen LogP contribution in [0.2, 0.25) is 0 Å². The molecule has 4 N–H and O–H groups in total. The van der Waals surface area contributed by atoms with Crippen molar-refractivity contribution in [2.75, 3.05) is 22.8 Å². The second kappa shape index (κ2) is 6.47. The molecule has 110 valence electrons. The summed E-state index contributed by atoms with van der Waals surface area (Å²) in [6.45, 7) is 4.09. The van der Waals surface area contributed by atoms with E-state index in [0.717, 1.165) is 22.5 Å². The molecule has 0 aliphatic rings. The molecule has 0 bridgehead atoms. The molecule has 0 spiro atoms. The molecule has 2 aromatic heterocycles. The minimum atomic E-state index is -0.850. The number of hydrogen-bond donors (Lipinski definition) is 3. The van der Waals surface area contributed by atoms with Gasteiger partial charge in [-0.05, 0) is 19.4 Å². The molecule has 20 heavy (non-hydrogen) atoms. The largest absolute Gasteiger partial charge is 0.366 e. The number of nitrogen functional groups attached to an aromatic ring is 1. The Hall–Kier alpha value is -1.25. The van der Waals surface area contributed by atoms with Crippen LogP contribution in [-0.4, -0.2) is 32.2 Å². The highest BCUT2D eigenvalue weighted by Gasteiger charge is 2.13. The molecule has 6 nitrogen and oxygen atoms in total. The first-order valence-corrected chi connectivity index (χ1v) is 8.91. The summed E-state index contributed by atoms with van der Waals surface area (Å²) in [5.41, 5.74) is 2.49. The van der Waals surface area contributed by atoms with Crippen LogP contribution < -0.4 is 16.6 Å². The smallest absolute Gasteiger partial charge is 0.240 e. The first-order chi connectivity index (χ1) is 9.53. The summed E-state index contributed by atoms with van der Waals surface area (Å²) in [5, 5.41) is 4.28. The van der Waals surface area contributed by atoms with Crippen LogP contribution in [0.1, 0.15) is 18.7 Å². The van der Waals surface area contributed by atoms with Crippen molar-refractivity contribution in [3.63, 3.8) is 0 Å². The maximum Gasteiger partial charge on any atom is 0.240 e. The van der Waals surface area contributed by atoms with Crippen molar-refractivity contribution < 1.29 is 4.21 Å². The maximum atomic E-state index is 11.3. The summed E-state index contributed by atoms with van der Waals surface area (Å²) in [4.78, 5) is 10.9. The number of aromatic nitrogens is 2. The lowest BCUT2D eigenvalue weighted by Gasteiger charge is -2.14. The predicted octanol–water partition coefficient (Wildman–Crippen LogP) is 1.72. The van der Waals surface area contributed by atoms with Crippen LogP contribution in [-0.2, 0) is 17.2 Å². The van der Waals surface area contributed by atoms with Gasteiger partial charge in [-0.3, -0.25) is 9.63 Å². The molecule has 0 aromatic carbocycles. The number of aryl methyl sites for hydroxylation is 1. The summed E-state index contributed by atoms with van der Waals surface area (Å²) in [6, 6.07) is 2.16. The van der Waals surface area contributed by atoms with Gasteiger partial charge in [0.1, 0.15) is 10.6 Å². The second-order valence-corrected chi connectivity index (χ2v) is 7.21. The fraction of sp³-hybridized carbons (Fsp3) is 0.500. The van der Waals surface area contributed by atoms with E-state index in [2.05, 4.69) is 33.7 Å². The van der Waals surface area contributed by atoms with Crippen molar-refractivity contribution in [2.24, 2.45) is 5.84 Å². The highest BCUT2D eigenvalue weighted by molar-refractivity contribution is 7.84. The Morgan fingerprint density at radius 1 is 1.50 bits per heavy atom. The summed E-state index contributed by atoms with van der Waals surface area (Å²) >= 11 is 1.64. The van der Waals surface area contributed by atoms with Gasteiger partial charge in [-0.15, -0.1) is 11.3 Å². The summed E-state index contributed by atoms with van der Waals surface area (Å²) < 4.78 is 11.3. The van der Waals surface area contributed by atoms with Crippen molar-refractivity contribution in [1.82, 2.24) is 9.97 Å². The van der Waals surface area contributed by atoms with E-state index in [1.165, 1.54) is 4.88 Å². The number of thiophene rings is 1. The lowest BCUT2D eigenvalue weighted by Crippen LogP contribution is -2.23. The van der Waals surface area contributed by atoms with Gasteiger partial charge in [0, 0.05) is 33.7 Å². The molecule has 0 aliphatic heterocycles. The zero-order chi connectivity index (χ0) is 14.7. The van der Waals surface area contributed by atoms with Crippen LogP contribution in [0.3, 0.4) is 0 Å². The Bertz CT molecular complexity index is 628. The van der Waals surface area contributed by atoms with Gasteiger partial charge in [0.05, 0.1) is 5.39 Å². The Morgan fingerprint density at radius 3 is 2.85 bits per heavy atom.